The fourth-order valence-corrected chi connectivity index (χ4v) is 1.58. The Morgan fingerprint density at radius 1 is 1.00 bits per heavy atom. The Labute approximate surface area is 101 Å². The Balaban J connectivity index is 2.07. The fraction of sp³-hybridized carbons (Fsp3) is 0.500. The maximum atomic E-state index is 3.43. The van der Waals surface area contributed by atoms with Gasteiger partial charge >= 0.3 is 0 Å². The maximum Gasteiger partial charge on any atom is 0.0206 e. The first-order valence-corrected chi connectivity index (χ1v) is 6.28. The van der Waals surface area contributed by atoms with Gasteiger partial charge in [-0.2, -0.15) is 0 Å². The molecule has 1 rings (SSSR count). The van der Waals surface area contributed by atoms with Crippen LogP contribution in [-0.4, -0.2) is 19.6 Å². The van der Waals surface area contributed by atoms with E-state index in [2.05, 4.69) is 57.8 Å². The second kappa shape index (κ2) is 7.85. The molecule has 0 aliphatic heterocycles. The van der Waals surface area contributed by atoms with E-state index in [0.717, 1.165) is 30.7 Å². The molecular formula is C12H19BrN2. The SMILES string of the molecule is CCCNCCNCc1ccc(Br)cc1. The molecule has 0 spiro atoms. The zero-order valence-corrected chi connectivity index (χ0v) is 10.8. The number of nitrogens with one attached hydrogen (secondary N) is 2. The molecular weight excluding hydrogens is 252 g/mol. The van der Waals surface area contributed by atoms with Crippen LogP contribution in [0.3, 0.4) is 0 Å². The van der Waals surface area contributed by atoms with Gasteiger partial charge in [0.25, 0.3) is 0 Å². The second-order valence-electron chi connectivity index (χ2n) is 3.55. The molecule has 0 heterocycles. The van der Waals surface area contributed by atoms with Crippen LogP contribution in [0.15, 0.2) is 28.7 Å². The highest BCUT2D eigenvalue weighted by Crippen LogP contribution is 2.09. The molecule has 15 heavy (non-hydrogen) atoms. The standard InChI is InChI=1S/C12H19BrN2/c1-2-7-14-8-9-15-10-11-3-5-12(13)6-4-11/h3-6,14-15H,2,7-10H2,1H3. The molecule has 0 aliphatic rings. The topological polar surface area (TPSA) is 24.1 Å². The van der Waals surface area contributed by atoms with Crippen LogP contribution in [0.25, 0.3) is 0 Å². The van der Waals surface area contributed by atoms with Crippen molar-refractivity contribution in [3.05, 3.63) is 34.3 Å². The zero-order valence-electron chi connectivity index (χ0n) is 9.22. The quantitative estimate of drug-likeness (QED) is 0.745. The second-order valence-corrected chi connectivity index (χ2v) is 4.47. The van der Waals surface area contributed by atoms with E-state index in [1.54, 1.807) is 0 Å². The van der Waals surface area contributed by atoms with Gasteiger partial charge in [-0.05, 0) is 30.7 Å². The summed E-state index contributed by atoms with van der Waals surface area (Å²) in [6, 6.07) is 8.42. The van der Waals surface area contributed by atoms with E-state index < -0.39 is 0 Å². The van der Waals surface area contributed by atoms with E-state index in [0.29, 0.717) is 0 Å². The van der Waals surface area contributed by atoms with E-state index in [9.17, 15) is 0 Å². The molecule has 0 saturated carbocycles. The molecule has 0 radical (unpaired) electrons. The normalized spacial score (nSPS) is 10.5. The third kappa shape index (κ3) is 5.92. The molecule has 1 aromatic carbocycles. The van der Waals surface area contributed by atoms with Gasteiger partial charge in [0.1, 0.15) is 0 Å². The summed E-state index contributed by atoms with van der Waals surface area (Å²) >= 11 is 3.43. The molecule has 0 aliphatic carbocycles. The minimum atomic E-state index is 0.946. The summed E-state index contributed by atoms with van der Waals surface area (Å²) in [6.45, 7) is 6.31. The predicted octanol–water partition coefficient (Wildman–Crippen LogP) is 2.54. The molecule has 0 saturated heterocycles. The van der Waals surface area contributed by atoms with Gasteiger partial charge in [0.15, 0.2) is 0 Å². The van der Waals surface area contributed by atoms with Gasteiger partial charge in [-0.15, -0.1) is 0 Å². The Morgan fingerprint density at radius 2 is 1.67 bits per heavy atom. The lowest BCUT2D eigenvalue weighted by atomic mass is 10.2. The summed E-state index contributed by atoms with van der Waals surface area (Å²) in [4.78, 5) is 0. The van der Waals surface area contributed by atoms with E-state index in [1.807, 2.05) is 0 Å². The minimum Gasteiger partial charge on any atom is -0.315 e. The summed E-state index contributed by atoms with van der Waals surface area (Å²) in [6.07, 6.45) is 1.20. The lowest BCUT2D eigenvalue weighted by molar-refractivity contribution is 0.607. The van der Waals surface area contributed by atoms with Gasteiger partial charge in [-0.1, -0.05) is 35.0 Å². The monoisotopic (exact) mass is 270 g/mol. The predicted molar refractivity (Wildman–Crippen MR) is 69.0 cm³/mol. The van der Waals surface area contributed by atoms with Crippen LogP contribution >= 0.6 is 15.9 Å². The minimum absolute atomic E-state index is 0.946. The van der Waals surface area contributed by atoms with E-state index >= 15 is 0 Å². The first-order chi connectivity index (χ1) is 7.33. The zero-order chi connectivity index (χ0) is 10.9. The summed E-state index contributed by atoms with van der Waals surface area (Å²) in [5.74, 6) is 0. The first-order valence-electron chi connectivity index (χ1n) is 5.49. The number of halogens is 1. The molecule has 0 atom stereocenters. The Morgan fingerprint density at radius 3 is 2.33 bits per heavy atom. The molecule has 0 unspecified atom stereocenters. The summed E-state index contributed by atoms with van der Waals surface area (Å²) in [5.41, 5.74) is 1.33. The summed E-state index contributed by atoms with van der Waals surface area (Å²) in [5, 5.41) is 6.76. The number of hydrogen-bond donors (Lipinski definition) is 2. The van der Waals surface area contributed by atoms with Gasteiger partial charge in [0.2, 0.25) is 0 Å². The van der Waals surface area contributed by atoms with E-state index in [-0.39, 0.29) is 0 Å². The highest BCUT2D eigenvalue weighted by molar-refractivity contribution is 9.10. The van der Waals surface area contributed by atoms with Crippen LogP contribution in [0.5, 0.6) is 0 Å². The van der Waals surface area contributed by atoms with E-state index in [4.69, 9.17) is 0 Å². The van der Waals surface area contributed by atoms with Crippen molar-refractivity contribution in [1.29, 1.82) is 0 Å². The maximum absolute atomic E-state index is 3.43. The average Bonchev–Trinajstić information content (AvgIpc) is 2.26. The van der Waals surface area contributed by atoms with Gasteiger partial charge in [0, 0.05) is 24.1 Å². The number of benzene rings is 1. The van der Waals surface area contributed by atoms with Crippen LogP contribution < -0.4 is 10.6 Å². The first kappa shape index (κ1) is 12.7. The van der Waals surface area contributed by atoms with Gasteiger partial charge in [-0.25, -0.2) is 0 Å². The third-order valence-electron chi connectivity index (χ3n) is 2.15. The fourth-order valence-electron chi connectivity index (χ4n) is 1.31. The summed E-state index contributed by atoms with van der Waals surface area (Å²) in [7, 11) is 0. The van der Waals surface area contributed by atoms with Crippen molar-refractivity contribution in [2.45, 2.75) is 19.9 Å². The lowest BCUT2D eigenvalue weighted by Gasteiger charge is -2.05. The van der Waals surface area contributed by atoms with Crippen LogP contribution in [0.4, 0.5) is 0 Å². The molecule has 0 bridgehead atoms. The Kier molecular flexibility index (Phi) is 6.64. The van der Waals surface area contributed by atoms with Crippen LogP contribution in [0, 0.1) is 0 Å². The highest BCUT2D eigenvalue weighted by atomic mass is 79.9. The number of hydrogen-bond acceptors (Lipinski definition) is 2. The Bertz CT molecular complexity index is 259. The van der Waals surface area contributed by atoms with Crippen molar-refractivity contribution >= 4 is 15.9 Å². The van der Waals surface area contributed by atoms with Crippen molar-refractivity contribution in [3.63, 3.8) is 0 Å². The largest absolute Gasteiger partial charge is 0.315 e. The van der Waals surface area contributed by atoms with E-state index in [1.165, 1.54) is 12.0 Å². The number of rotatable bonds is 7. The molecule has 0 aromatic heterocycles. The van der Waals surface area contributed by atoms with Crippen molar-refractivity contribution in [2.24, 2.45) is 0 Å². The van der Waals surface area contributed by atoms with Crippen LogP contribution in [0.2, 0.25) is 0 Å². The average molecular weight is 271 g/mol. The van der Waals surface area contributed by atoms with Gasteiger partial charge < -0.3 is 10.6 Å². The van der Waals surface area contributed by atoms with Gasteiger partial charge in [0.05, 0.1) is 0 Å². The van der Waals surface area contributed by atoms with Crippen molar-refractivity contribution < 1.29 is 0 Å². The Hall–Kier alpha value is -0.380. The van der Waals surface area contributed by atoms with Gasteiger partial charge in [-0.3, -0.25) is 0 Å². The smallest absolute Gasteiger partial charge is 0.0206 e. The van der Waals surface area contributed by atoms with Crippen LogP contribution in [-0.2, 0) is 6.54 Å². The lowest BCUT2D eigenvalue weighted by Crippen LogP contribution is -2.27. The molecule has 3 heteroatoms. The molecule has 0 fully saturated rings. The highest BCUT2D eigenvalue weighted by Gasteiger charge is 1.92. The third-order valence-corrected chi connectivity index (χ3v) is 2.68. The molecule has 84 valence electrons. The molecule has 2 nitrogen and oxygen atoms in total. The van der Waals surface area contributed by atoms with Crippen molar-refractivity contribution in [3.8, 4) is 0 Å². The molecule has 2 N–H and O–H groups in total. The molecule has 1 aromatic rings. The molecule has 0 amide bonds. The van der Waals surface area contributed by atoms with Crippen molar-refractivity contribution in [2.75, 3.05) is 19.6 Å². The summed E-state index contributed by atoms with van der Waals surface area (Å²) < 4.78 is 1.14. The van der Waals surface area contributed by atoms with Crippen LogP contribution in [0.1, 0.15) is 18.9 Å². The van der Waals surface area contributed by atoms with Crippen molar-refractivity contribution in [1.82, 2.24) is 10.6 Å².